The monoisotopic (exact) mass is 487 g/mol. The third kappa shape index (κ3) is 6.27. The molecule has 0 aliphatic carbocycles. The van der Waals surface area contributed by atoms with Crippen LogP contribution in [0, 0.1) is 13.8 Å². The van der Waals surface area contributed by atoms with Crippen molar-refractivity contribution in [2.24, 2.45) is 0 Å². The van der Waals surface area contributed by atoms with E-state index in [0.29, 0.717) is 16.5 Å². The quantitative estimate of drug-likeness (QED) is 0.288. The van der Waals surface area contributed by atoms with Crippen LogP contribution < -0.4 is 15.6 Å². The number of aryl methyl sites for hydroxylation is 2. The van der Waals surface area contributed by atoms with E-state index in [9.17, 15) is 9.59 Å². The summed E-state index contributed by atoms with van der Waals surface area (Å²) >= 11 is 1.22. The lowest BCUT2D eigenvalue weighted by atomic mass is 10.1. The van der Waals surface area contributed by atoms with Gasteiger partial charge < -0.3 is 4.74 Å². The molecular formula is C26H25N5O3S. The Balaban J connectivity index is 1.41. The van der Waals surface area contributed by atoms with E-state index < -0.39 is 0 Å². The molecule has 0 bridgehead atoms. The summed E-state index contributed by atoms with van der Waals surface area (Å²) in [6.45, 7) is 4.13. The molecule has 8 nitrogen and oxygen atoms in total. The number of amides is 2. The Morgan fingerprint density at radius 1 is 0.886 bits per heavy atom. The zero-order chi connectivity index (χ0) is 24.6. The minimum Gasteiger partial charge on any atom is -0.485 e. The van der Waals surface area contributed by atoms with Gasteiger partial charge in [-0.05, 0) is 49.7 Å². The molecule has 0 spiro atoms. The van der Waals surface area contributed by atoms with Crippen molar-refractivity contribution in [3.8, 4) is 11.4 Å². The van der Waals surface area contributed by atoms with Crippen molar-refractivity contribution in [2.45, 2.75) is 25.6 Å². The molecule has 9 heteroatoms. The number of nitrogens with zero attached hydrogens (tertiary/aromatic N) is 3. The minimum absolute atomic E-state index is 0.0395. The molecule has 0 unspecified atom stereocenters. The Morgan fingerprint density at radius 2 is 1.60 bits per heavy atom. The maximum Gasteiger partial charge on any atom is 0.269 e. The molecule has 0 radical (unpaired) electrons. The maximum atomic E-state index is 12.4. The van der Waals surface area contributed by atoms with E-state index in [0.717, 1.165) is 22.6 Å². The third-order valence-corrected chi connectivity index (χ3v) is 6.06. The normalized spacial score (nSPS) is 10.6. The number of benzene rings is 3. The summed E-state index contributed by atoms with van der Waals surface area (Å²) in [5.41, 5.74) is 8.27. The van der Waals surface area contributed by atoms with Gasteiger partial charge >= 0.3 is 0 Å². The number of thioether (sulfide) groups is 1. The van der Waals surface area contributed by atoms with Gasteiger partial charge in [0.05, 0.1) is 5.75 Å². The second-order valence-corrected chi connectivity index (χ2v) is 8.72. The van der Waals surface area contributed by atoms with Crippen molar-refractivity contribution < 1.29 is 14.3 Å². The SMILES string of the molecule is Cc1ccc(C(=O)NNC(=O)CSc2nnc(COc3ccccc3C)n2-c2ccccc2)cc1. The number of rotatable bonds is 8. The minimum atomic E-state index is -0.383. The van der Waals surface area contributed by atoms with Crippen LogP contribution >= 0.6 is 11.8 Å². The number of hydrogen-bond donors (Lipinski definition) is 2. The summed E-state index contributed by atoms with van der Waals surface area (Å²) in [5, 5.41) is 9.12. The number of para-hydroxylation sites is 2. The van der Waals surface area contributed by atoms with E-state index in [1.54, 1.807) is 12.1 Å². The molecule has 3 aromatic carbocycles. The van der Waals surface area contributed by atoms with Crippen molar-refractivity contribution in [3.05, 3.63) is 101 Å². The molecule has 0 fully saturated rings. The van der Waals surface area contributed by atoms with Gasteiger partial charge in [0.15, 0.2) is 11.0 Å². The van der Waals surface area contributed by atoms with Gasteiger partial charge in [-0.3, -0.25) is 25.0 Å². The highest BCUT2D eigenvalue weighted by Crippen LogP contribution is 2.24. The van der Waals surface area contributed by atoms with Gasteiger partial charge in [-0.2, -0.15) is 0 Å². The molecule has 4 rings (SSSR count). The van der Waals surface area contributed by atoms with E-state index in [2.05, 4.69) is 21.0 Å². The van der Waals surface area contributed by atoms with Crippen LogP contribution in [0.5, 0.6) is 5.75 Å². The van der Waals surface area contributed by atoms with Crippen LogP contribution in [0.25, 0.3) is 5.69 Å². The molecule has 35 heavy (non-hydrogen) atoms. The smallest absolute Gasteiger partial charge is 0.269 e. The summed E-state index contributed by atoms with van der Waals surface area (Å²) in [6, 6.07) is 24.5. The topological polar surface area (TPSA) is 98.1 Å². The van der Waals surface area contributed by atoms with Gasteiger partial charge in [0, 0.05) is 11.3 Å². The fourth-order valence-corrected chi connectivity index (χ4v) is 4.02. The number of carbonyl (C=O) groups is 2. The van der Waals surface area contributed by atoms with Crippen LogP contribution in [0.3, 0.4) is 0 Å². The molecule has 0 atom stereocenters. The molecule has 178 valence electrons. The predicted molar refractivity (Wildman–Crippen MR) is 134 cm³/mol. The highest BCUT2D eigenvalue weighted by molar-refractivity contribution is 7.99. The summed E-state index contributed by atoms with van der Waals surface area (Å²) in [4.78, 5) is 24.6. The molecule has 0 aliphatic rings. The van der Waals surface area contributed by atoms with Crippen LogP contribution in [-0.4, -0.2) is 32.3 Å². The molecule has 1 aromatic heterocycles. The first-order valence-corrected chi connectivity index (χ1v) is 12.0. The Hall–Kier alpha value is -4.11. The van der Waals surface area contributed by atoms with Crippen molar-refractivity contribution >= 4 is 23.6 Å². The fourth-order valence-electron chi connectivity index (χ4n) is 3.25. The Morgan fingerprint density at radius 3 is 2.34 bits per heavy atom. The van der Waals surface area contributed by atoms with Gasteiger partial charge in [-0.15, -0.1) is 10.2 Å². The molecule has 0 aliphatic heterocycles. The first-order chi connectivity index (χ1) is 17.0. The van der Waals surface area contributed by atoms with Crippen molar-refractivity contribution in [2.75, 3.05) is 5.75 Å². The zero-order valence-electron chi connectivity index (χ0n) is 19.4. The number of hydrazine groups is 1. The van der Waals surface area contributed by atoms with Gasteiger partial charge in [0.1, 0.15) is 12.4 Å². The van der Waals surface area contributed by atoms with Crippen LogP contribution in [-0.2, 0) is 11.4 Å². The largest absolute Gasteiger partial charge is 0.485 e. The molecular weight excluding hydrogens is 462 g/mol. The lowest BCUT2D eigenvalue weighted by Gasteiger charge is -2.12. The lowest BCUT2D eigenvalue weighted by Crippen LogP contribution is -2.42. The Kier molecular flexibility index (Phi) is 7.79. The maximum absolute atomic E-state index is 12.4. The van der Waals surface area contributed by atoms with Crippen molar-refractivity contribution in [1.82, 2.24) is 25.6 Å². The van der Waals surface area contributed by atoms with Crippen LogP contribution in [0.15, 0.2) is 84.0 Å². The highest BCUT2D eigenvalue weighted by atomic mass is 32.2. The first kappa shape index (κ1) is 24.0. The van der Waals surface area contributed by atoms with Gasteiger partial charge in [-0.25, -0.2) is 0 Å². The van der Waals surface area contributed by atoms with E-state index in [1.165, 1.54) is 11.8 Å². The molecule has 0 saturated heterocycles. The number of aromatic nitrogens is 3. The van der Waals surface area contributed by atoms with E-state index >= 15 is 0 Å². The molecule has 4 aromatic rings. The summed E-state index contributed by atoms with van der Waals surface area (Å²) < 4.78 is 7.84. The number of ether oxygens (including phenoxy) is 1. The summed E-state index contributed by atoms with van der Waals surface area (Å²) in [7, 11) is 0. The van der Waals surface area contributed by atoms with E-state index in [1.807, 2.05) is 85.1 Å². The van der Waals surface area contributed by atoms with Crippen molar-refractivity contribution in [1.29, 1.82) is 0 Å². The zero-order valence-corrected chi connectivity index (χ0v) is 20.2. The third-order valence-electron chi connectivity index (χ3n) is 5.13. The number of hydrogen-bond acceptors (Lipinski definition) is 6. The molecule has 2 amide bonds. The molecule has 1 heterocycles. The van der Waals surface area contributed by atoms with E-state index in [4.69, 9.17) is 4.74 Å². The lowest BCUT2D eigenvalue weighted by molar-refractivity contribution is -0.119. The summed E-state index contributed by atoms with van der Waals surface area (Å²) in [6.07, 6.45) is 0. The van der Waals surface area contributed by atoms with Gasteiger partial charge in [0.2, 0.25) is 5.91 Å². The summed E-state index contributed by atoms with van der Waals surface area (Å²) in [5.74, 6) is 0.669. The van der Waals surface area contributed by atoms with Crippen LogP contribution in [0.4, 0.5) is 0 Å². The predicted octanol–water partition coefficient (Wildman–Crippen LogP) is 4.02. The average Bonchev–Trinajstić information content (AvgIpc) is 3.29. The standard InChI is InChI=1S/C26H25N5O3S/c1-18-12-14-20(15-13-18)25(33)29-28-24(32)17-35-26-30-27-23(31(26)21-9-4-3-5-10-21)16-34-22-11-7-6-8-19(22)2/h3-15H,16-17H2,1-2H3,(H,28,32)(H,29,33). The Bertz CT molecular complexity index is 1310. The number of nitrogens with one attached hydrogen (secondary N) is 2. The fraction of sp³-hybridized carbons (Fsp3) is 0.154. The van der Waals surface area contributed by atoms with Crippen LogP contribution in [0.2, 0.25) is 0 Å². The molecule has 2 N–H and O–H groups in total. The van der Waals surface area contributed by atoms with Crippen molar-refractivity contribution in [3.63, 3.8) is 0 Å². The average molecular weight is 488 g/mol. The molecule has 0 saturated carbocycles. The van der Waals surface area contributed by atoms with Gasteiger partial charge in [-0.1, -0.05) is 65.9 Å². The van der Waals surface area contributed by atoms with Crippen LogP contribution in [0.1, 0.15) is 27.3 Å². The Labute approximate surface area is 207 Å². The first-order valence-electron chi connectivity index (χ1n) is 11.0. The van der Waals surface area contributed by atoms with E-state index in [-0.39, 0.29) is 24.2 Å². The van der Waals surface area contributed by atoms with Gasteiger partial charge in [0.25, 0.3) is 5.91 Å². The second-order valence-electron chi connectivity index (χ2n) is 7.78. The number of carbonyl (C=O) groups excluding carboxylic acids is 2. The second kappa shape index (κ2) is 11.3. The highest BCUT2D eigenvalue weighted by Gasteiger charge is 2.17.